The number of rotatable bonds is 8. The van der Waals surface area contributed by atoms with Crippen molar-refractivity contribution in [3.63, 3.8) is 0 Å². The van der Waals surface area contributed by atoms with Crippen molar-refractivity contribution in [1.29, 1.82) is 0 Å². The van der Waals surface area contributed by atoms with E-state index in [0.29, 0.717) is 29.0 Å². The van der Waals surface area contributed by atoms with Crippen molar-refractivity contribution in [2.75, 3.05) is 25.6 Å². The van der Waals surface area contributed by atoms with Crippen LogP contribution in [0.2, 0.25) is 0 Å². The molecule has 0 fully saturated rings. The molecule has 1 aromatic heterocycles. The molecule has 0 aliphatic carbocycles. The van der Waals surface area contributed by atoms with Crippen LogP contribution < -0.4 is 5.32 Å². The highest BCUT2D eigenvalue weighted by molar-refractivity contribution is 7.98. The second kappa shape index (κ2) is 9.80. The van der Waals surface area contributed by atoms with Gasteiger partial charge in [-0.05, 0) is 18.1 Å². The standard InChI is InChI=1S/C23H24N4O3S/c1-16-19(21(28)30-14-13-29-2)20(18-11-7-4-8-12-18)27-22(24-16)25-23(26-27)31-15-17-9-5-3-6-10-17/h3-12,20H,13-15H2,1-2H3,(H,24,25,26). The molecule has 0 radical (unpaired) electrons. The van der Waals surface area contributed by atoms with Crippen LogP contribution >= 0.6 is 11.8 Å². The first kappa shape index (κ1) is 21.1. The third-order valence-electron chi connectivity index (χ3n) is 4.90. The first-order valence-electron chi connectivity index (χ1n) is 9.99. The van der Waals surface area contributed by atoms with Crippen LogP contribution in [0.1, 0.15) is 24.1 Å². The van der Waals surface area contributed by atoms with Gasteiger partial charge >= 0.3 is 5.97 Å². The number of fused-ring (bicyclic) bond motifs is 1. The zero-order chi connectivity index (χ0) is 21.6. The number of esters is 1. The summed E-state index contributed by atoms with van der Waals surface area (Å²) < 4.78 is 12.2. The third-order valence-corrected chi connectivity index (χ3v) is 5.81. The Bertz CT molecular complexity index is 1070. The van der Waals surface area contributed by atoms with E-state index in [9.17, 15) is 4.79 Å². The summed E-state index contributed by atoms with van der Waals surface area (Å²) in [5.41, 5.74) is 3.35. The average molecular weight is 437 g/mol. The highest BCUT2D eigenvalue weighted by Crippen LogP contribution is 2.36. The number of methoxy groups -OCH3 is 1. The number of hydrogen-bond acceptors (Lipinski definition) is 7. The molecule has 0 saturated heterocycles. The molecule has 0 spiro atoms. The lowest BCUT2D eigenvalue weighted by atomic mass is 9.96. The minimum atomic E-state index is -0.425. The number of carbonyl (C=O) groups excluding carboxylic acids is 1. The number of carbonyl (C=O) groups is 1. The maximum atomic E-state index is 13.0. The highest BCUT2D eigenvalue weighted by Gasteiger charge is 2.35. The Morgan fingerprint density at radius 1 is 1.10 bits per heavy atom. The van der Waals surface area contributed by atoms with Crippen LogP contribution in [0.4, 0.5) is 5.95 Å². The van der Waals surface area contributed by atoms with Gasteiger partial charge in [0.1, 0.15) is 12.6 Å². The minimum Gasteiger partial charge on any atom is -0.460 e. The Hall–Kier alpha value is -3.10. The molecule has 0 bridgehead atoms. The number of allylic oxidation sites excluding steroid dienone is 1. The van der Waals surface area contributed by atoms with Crippen LogP contribution in [0.3, 0.4) is 0 Å². The van der Waals surface area contributed by atoms with Crippen LogP contribution in [0, 0.1) is 0 Å². The number of nitrogens with one attached hydrogen (secondary N) is 1. The summed E-state index contributed by atoms with van der Waals surface area (Å²) in [4.78, 5) is 17.6. The van der Waals surface area contributed by atoms with Crippen LogP contribution in [0.25, 0.3) is 0 Å². The summed E-state index contributed by atoms with van der Waals surface area (Å²) in [5.74, 6) is 0.976. The lowest BCUT2D eigenvalue weighted by Gasteiger charge is -2.28. The van der Waals surface area contributed by atoms with Gasteiger partial charge in [0, 0.05) is 18.6 Å². The molecule has 7 nitrogen and oxygen atoms in total. The molecule has 1 aliphatic rings. The first-order valence-corrected chi connectivity index (χ1v) is 11.0. The Kier molecular flexibility index (Phi) is 6.69. The summed E-state index contributed by atoms with van der Waals surface area (Å²) in [6, 6.07) is 19.6. The van der Waals surface area contributed by atoms with Crippen molar-refractivity contribution in [2.45, 2.75) is 23.9 Å². The second-order valence-corrected chi connectivity index (χ2v) is 7.98. The van der Waals surface area contributed by atoms with Crippen molar-refractivity contribution in [2.24, 2.45) is 0 Å². The molecule has 0 saturated carbocycles. The van der Waals surface area contributed by atoms with Crippen LogP contribution in [-0.4, -0.2) is 41.1 Å². The maximum absolute atomic E-state index is 13.0. The summed E-state index contributed by atoms with van der Waals surface area (Å²) in [6.07, 6.45) is 0. The van der Waals surface area contributed by atoms with Gasteiger partial charge in [0.15, 0.2) is 0 Å². The van der Waals surface area contributed by atoms with Crippen molar-refractivity contribution < 1.29 is 14.3 Å². The zero-order valence-electron chi connectivity index (χ0n) is 17.4. The van der Waals surface area contributed by atoms with E-state index in [0.717, 1.165) is 11.3 Å². The molecule has 1 aliphatic heterocycles. The molecular weight excluding hydrogens is 412 g/mol. The average Bonchev–Trinajstić information content (AvgIpc) is 3.20. The molecular formula is C23H24N4O3S. The Labute approximate surface area is 185 Å². The van der Waals surface area contributed by atoms with Crippen molar-refractivity contribution >= 4 is 23.7 Å². The van der Waals surface area contributed by atoms with E-state index < -0.39 is 12.0 Å². The number of anilines is 1. The van der Waals surface area contributed by atoms with Gasteiger partial charge in [-0.1, -0.05) is 72.4 Å². The molecule has 1 atom stereocenters. The van der Waals surface area contributed by atoms with Crippen LogP contribution in [0.15, 0.2) is 77.1 Å². The molecule has 1 unspecified atom stereocenters. The smallest absolute Gasteiger partial charge is 0.338 e. The SMILES string of the molecule is COCCOC(=O)C1=C(C)Nc2nc(SCc3ccccc3)nn2C1c1ccccc1. The molecule has 2 aromatic carbocycles. The topological polar surface area (TPSA) is 78.3 Å². The normalized spacial score (nSPS) is 15.4. The van der Waals surface area contributed by atoms with Crippen LogP contribution in [-0.2, 0) is 20.0 Å². The number of hydrogen-bond donors (Lipinski definition) is 1. The van der Waals surface area contributed by atoms with Gasteiger partial charge in [0.25, 0.3) is 0 Å². The van der Waals surface area contributed by atoms with Gasteiger partial charge in [-0.2, -0.15) is 4.98 Å². The monoisotopic (exact) mass is 436 g/mol. The van der Waals surface area contributed by atoms with E-state index in [2.05, 4.69) is 22.4 Å². The predicted octanol–water partition coefficient (Wildman–Crippen LogP) is 4.05. The number of aromatic nitrogens is 3. The largest absolute Gasteiger partial charge is 0.460 e. The van der Waals surface area contributed by atoms with Gasteiger partial charge in [-0.25, -0.2) is 9.48 Å². The van der Waals surface area contributed by atoms with Gasteiger partial charge in [-0.3, -0.25) is 0 Å². The fourth-order valence-electron chi connectivity index (χ4n) is 3.42. The number of thioether (sulfide) groups is 1. The predicted molar refractivity (Wildman–Crippen MR) is 120 cm³/mol. The summed E-state index contributed by atoms with van der Waals surface area (Å²) >= 11 is 1.56. The van der Waals surface area contributed by atoms with E-state index in [1.165, 1.54) is 5.56 Å². The number of ether oxygens (including phenoxy) is 2. The van der Waals surface area contributed by atoms with Crippen molar-refractivity contribution in [3.05, 3.63) is 83.1 Å². The fraction of sp³-hybridized carbons (Fsp3) is 0.261. The van der Waals surface area contributed by atoms with Gasteiger partial charge in [-0.15, -0.1) is 5.10 Å². The quantitative estimate of drug-likeness (QED) is 0.324. The van der Waals surface area contributed by atoms with E-state index >= 15 is 0 Å². The lowest BCUT2D eigenvalue weighted by molar-refractivity contribution is -0.140. The zero-order valence-corrected chi connectivity index (χ0v) is 18.3. The Morgan fingerprint density at radius 2 is 1.81 bits per heavy atom. The second-order valence-electron chi connectivity index (χ2n) is 7.04. The Balaban J connectivity index is 1.64. The Morgan fingerprint density at radius 3 is 2.52 bits per heavy atom. The summed E-state index contributed by atoms with van der Waals surface area (Å²) in [7, 11) is 1.57. The lowest BCUT2D eigenvalue weighted by Crippen LogP contribution is -2.30. The first-order chi connectivity index (χ1) is 15.2. The molecule has 3 aromatic rings. The van der Waals surface area contributed by atoms with Gasteiger partial charge in [0.2, 0.25) is 11.1 Å². The summed E-state index contributed by atoms with van der Waals surface area (Å²) in [6.45, 7) is 2.39. The molecule has 2 heterocycles. The molecule has 0 amide bonds. The van der Waals surface area contributed by atoms with E-state index in [4.69, 9.17) is 14.6 Å². The molecule has 31 heavy (non-hydrogen) atoms. The number of nitrogens with zero attached hydrogens (tertiary/aromatic N) is 3. The molecule has 160 valence electrons. The molecule has 8 heteroatoms. The highest BCUT2D eigenvalue weighted by atomic mass is 32.2. The summed E-state index contributed by atoms with van der Waals surface area (Å²) in [5, 5.41) is 8.60. The van der Waals surface area contributed by atoms with Crippen LogP contribution in [0.5, 0.6) is 0 Å². The number of benzene rings is 2. The van der Waals surface area contributed by atoms with E-state index in [1.807, 2.05) is 55.5 Å². The fourth-order valence-corrected chi connectivity index (χ4v) is 4.20. The molecule has 1 N–H and O–H groups in total. The van der Waals surface area contributed by atoms with E-state index in [1.54, 1.807) is 23.6 Å². The van der Waals surface area contributed by atoms with E-state index in [-0.39, 0.29) is 6.61 Å². The third kappa shape index (κ3) is 4.81. The molecule has 4 rings (SSSR count). The van der Waals surface area contributed by atoms with Gasteiger partial charge < -0.3 is 14.8 Å². The maximum Gasteiger partial charge on any atom is 0.338 e. The van der Waals surface area contributed by atoms with Crippen molar-refractivity contribution in [3.8, 4) is 0 Å². The van der Waals surface area contributed by atoms with Crippen molar-refractivity contribution in [1.82, 2.24) is 14.8 Å². The minimum absolute atomic E-state index is 0.190. The van der Waals surface area contributed by atoms with Gasteiger partial charge in [0.05, 0.1) is 12.2 Å².